The Morgan fingerprint density at radius 3 is 2.81 bits per heavy atom. The number of aliphatic hydroxyl groups excluding tert-OH is 1. The average Bonchev–Trinajstić information content (AvgIpc) is 2.68. The number of hydrogen-bond acceptors (Lipinski definition) is 4. The van der Waals surface area contributed by atoms with E-state index >= 15 is 0 Å². The highest BCUT2D eigenvalue weighted by Crippen LogP contribution is 2.29. The van der Waals surface area contributed by atoms with E-state index in [-0.39, 0.29) is 5.02 Å². The van der Waals surface area contributed by atoms with Crippen molar-refractivity contribution in [2.24, 2.45) is 0 Å². The molecule has 0 saturated heterocycles. The van der Waals surface area contributed by atoms with Gasteiger partial charge in [0.15, 0.2) is 5.13 Å². The fourth-order valence-corrected chi connectivity index (χ4v) is 2.16. The normalized spacial score (nSPS) is 12.7. The first-order valence-electron chi connectivity index (χ1n) is 4.42. The molecular weight excluding hydrogens is 251 g/mol. The molecule has 1 atom stereocenters. The molecule has 1 unspecified atom stereocenters. The highest BCUT2D eigenvalue weighted by atomic mass is 35.5. The topological polar surface area (TPSA) is 59.1 Å². The summed E-state index contributed by atoms with van der Waals surface area (Å²) in [5.41, 5.74) is 5.97. The summed E-state index contributed by atoms with van der Waals surface area (Å²) < 4.78 is 12.9. The summed E-state index contributed by atoms with van der Waals surface area (Å²) in [6, 6.07) is 4.07. The molecule has 2 rings (SSSR count). The van der Waals surface area contributed by atoms with Crippen molar-refractivity contribution in [1.29, 1.82) is 0 Å². The summed E-state index contributed by atoms with van der Waals surface area (Å²) in [5.74, 6) is -0.513. The molecule has 3 nitrogen and oxygen atoms in total. The second-order valence-electron chi connectivity index (χ2n) is 3.18. The third-order valence-corrected chi connectivity index (χ3v) is 3.24. The van der Waals surface area contributed by atoms with Gasteiger partial charge in [0.25, 0.3) is 0 Å². The molecule has 0 amide bonds. The van der Waals surface area contributed by atoms with Gasteiger partial charge in [0.2, 0.25) is 0 Å². The Morgan fingerprint density at radius 2 is 2.25 bits per heavy atom. The zero-order valence-corrected chi connectivity index (χ0v) is 9.60. The van der Waals surface area contributed by atoms with E-state index in [1.807, 2.05) is 0 Å². The van der Waals surface area contributed by atoms with Gasteiger partial charge in [-0.15, -0.1) is 0 Å². The number of thiazole rings is 1. The summed E-state index contributed by atoms with van der Waals surface area (Å²) in [4.78, 5) is 4.43. The number of aromatic nitrogens is 1. The van der Waals surface area contributed by atoms with E-state index in [9.17, 15) is 9.50 Å². The molecule has 0 aliphatic heterocycles. The van der Waals surface area contributed by atoms with E-state index < -0.39 is 11.9 Å². The molecule has 2 aromatic rings. The molecule has 0 fully saturated rings. The van der Waals surface area contributed by atoms with Crippen LogP contribution in [0.1, 0.15) is 16.5 Å². The van der Waals surface area contributed by atoms with Gasteiger partial charge in [-0.25, -0.2) is 9.37 Å². The summed E-state index contributed by atoms with van der Waals surface area (Å²) >= 11 is 6.81. The Labute approximate surface area is 100 Å². The fourth-order valence-electron chi connectivity index (χ4n) is 1.27. The Balaban J connectivity index is 2.33. The van der Waals surface area contributed by atoms with Gasteiger partial charge in [0.1, 0.15) is 11.9 Å². The fraction of sp³-hybridized carbons (Fsp3) is 0.100. The number of hydrogen-bond donors (Lipinski definition) is 2. The molecule has 0 aliphatic carbocycles. The molecular formula is C10H8ClFN2OS. The van der Waals surface area contributed by atoms with Crippen molar-refractivity contribution in [2.45, 2.75) is 6.10 Å². The van der Waals surface area contributed by atoms with Crippen molar-refractivity contribution in [3.8, 4) is 0 Å². The van der Waals surface area contributed by atoms with Crippen LogP contribution in [0.2, 0.25) is 5.02 Å². The maximum absolute atomic E-state index is 12.9. The van der Waals surface area contributed by atoms with Crippen LogP contribution in [-0.2, 0) is 0 Å². The van der Waals surface area contributed by atoms with E-state index in [0.29, 0.717) is 15.6 Å². The lowest BCUT2D eigenvalue weighted by molar-refractivity contribution is 0.224. The van der Waals surface area contributed by atoms with Crippen molar-refractivity contribution < 1.29 is 9.50 Å². The number of nitrogens with zero attached hydrogens (tertiary/aromatic N) is 1. The summed E-state index contributed by atoms with van der Waals surface area (Å²) in [5, 5.41) is 10.3. The molecule has 3 N–H and O–H groups in total. The lowest BCUT2D eigenvalue weighted by Gasteiger charge is -2.08. The largest absolute Gasteiger partial charge is 0.383 e. The van der Waals surface area contributed by atoms with Crippen LogP contribution in [0.4, 0.5) is 9.52 Å². The monoisotopic (exact) mass is 258 g/mol. The lowest BCUT2D eigenvalue weighted by Crippen LogP contribution is -1.97. The SMILES string of the molecule is Nc1ncc(C(O)c2ccc(F)c(Cl)c2)s1. The molecule has 16 heavy (non-hydrogen) atoms. The number of nitrogen functional groups attached to an aromatic ring is 1. The zero-order chi connectivity index (χ0) is 11.7. The van der Waals surface area contributed by atoms with E-state index in [4.69, 9.17) is 17.3 Å². The molecule has 0 saturated carbocycles. The average molecular weight is 259 g/mol. The molecule has 6 heteroatoms. The van der Waals surface area contributed by atoms with Gasteiger partial charge in [-0.05, 0) is 17.7 Å². The Hall–Kier alpha value is -1.17. The minimum absolute atomic E-state index is 0.0194. The number of aliphatic hydroxyl groups is 1. The maximum atomic E-state index is 12.9. The summed E-state index contributed by atoms with van der Waals surface area (Å²) in [6.07, 6.45) is 0.606. The van der Waals surface area contributed by atoms with Crippen LogP contribution in [0, 0.1) is 5.82 Å². The number of rotatable bonds is 2. The number of benzene rings is 1. The second-order valence-corrected chi connectivity index (χ2v) is 4.68. The third kappa shape index (κ3) is 2.16. The zero-order valence-electron chi connectivity index (χ0n) is 8.02. The molecule has 0 bridgehead atoms. The first-order valence-corrected chi connectivity index (χ1v) is 5.61. The van der Waals surface area contributed by atoms with Crippen LogP contribution in [0.25, 0.3) is 0 Å². The van der Waals surface area contributed by atoms with Gasteiger partial charge in [-0.2, -0.15) is 0 Å². The standard InChI is InChI=1S/C10H8ClFN2OS/c11-6-3-5(1-2-7(6)12)9(15)8-4-14-10(13)16-8/h1-4,9,15H,(H2,13,14). The Morgan fingerprint density at radius 1 is 1.50 bits per heavy atom. The molecule has 0 radical (unpaired) electrons. The maximum Gasteiger partial charge on any atom is 0.180 e. The van der Waals surface area contributed by atoms with Crippen molar-refractivity contribution in [3.05, 3.63) is 45.7 Å². The van der Waals surface area contributed by atoms with E-state index in [0.717, 1.165) is 0 Å². The molecule has 1 aromatic carbocycles. The van der Waals surface area contributed by atoms with Crippen molar-refractivity contribution in [3.63, 3.8) is 0 Å². The summed E-state index contributed by atoms with van der Waals surface area (Å²) in [6.45, 7) is 0. The lowest BCUT2D eigenvalue weighted by atomic mass is 10.1. The first kappa shape index (κ1) is 11.3. The van der Waals surface area contributed by atoms with Gasteiger partial charge in [-0.1, -0.05) is 29.0 Å². The number of nitrogens with two attached hydrogens (primary N) is 1. The van der Waals surface area contributed by atoms with E-state index in [1.54, 1.807) is 0 Å². The minimum atomic E-state index is -0.882. The van der Waals surface area contributed by atoms with Crippen LogP contribution in [0.5, 0.6) is 0 Å². The van der Waals surface area contributed by atoms with Gasteiger partial charge < -0.3 is 10.8 Å². The van der Waals surface area contributed by atoms with Gasteiger partial charge in [0.05, 0.1) is 9.90 Å². The first-order chi connectivity index (χ1) is 7.58. The van der Waals surface area contributed by atoms with E-state index in [2.05, 4.69) is 4.98 Å². The molecule has 1 aromatic heterocycles. The van der Waals surface area contributed by atoms with Crippen molar-refractivity contribution in [1.82, 2.24) is 4.98 Å². The van der Waals surface area contributed by atoms with Crippen LogP contribution >= 0.6 is 22.9 Å². The van der Waals surface area contributed by atoms with Crippen molar-refractivity contribution in [2.75, 3.05) is 5.73 Å². The minimum Gasteiger partial charge on any atom is -0.383 e. The van der Waals surface area contributed by atoms with Gasteiger partial charge >= 0.3 is 0 Å². The van der Waals surface area contributed by atoms with Crippen LogP contribution < -0.4 is 5.73 Å². The molecule has 0 spiro atoms. The van der Waals surface area contributed by atoms with Crippen LogP contribution in [0.3, 0.4) is 0 Å². The number of anilines is 1. The molecule has 0 aliphatic rings. The second kappa shape index (κ2) is 4.37. The quantitative estimate of drug-likeness (QED) is 0.871. The molecule has 84 valence electrons. The predicted molar refractivity (Wildman–Crippen MR) is 62.0 cm³/mol. The highest BCUT2D eigenvalue weighted by Gasteiger charge is 2.14. The Bertz CT molecular complexity index is 517. The smallest absolute Gasteiger partial charge is 0.180 e. The Kier molecular flexibility index (Phi) is 3.09. The molecule has 1 heterocycles. The van der Waals surface area contributed by atoms with Gasteiger partial charge in [-0.3, -0.25) is 0 Å². The van der Waals surface area contributed by atoms with Gasteiger partial charge in [0, 0.05) is 6.20 Å². The van der Waals surface area contributed by atoms with Crippen LogP contribution in [-0.4, -0.2) is 10.1 Å². The van der Waals surface area contributed by atoms with Crippen molar-refractivity contribution >= 4 is 28.1 Å². The van der Waals surface area contributed by atoms with E-state index in [1.165, 1.54) is 35.7 Å². The summed E-state index contributed by atoms with van der Waals surface area (Å²) in [7, 11) is 0. The third-order valence-electron chi connectivity index (χ3n) is 2.07. The predicted octanol–water partition coefficient (Wildman–Crippen LogP) is 2.60. The number of halogens is 2. The highest BCUT2D eigenvalue weighted by molar-refractivity contribution is 7.15. The van der Waals surface area contributed by atoms with Crippen LogP contribution in [0.15, 0.2) is 24.4 Å².